The molecule has 1 heterocycles. The number of nitrogens with two attached hydrogens (primary N) is 1. The average Bonchev–Trinajstić information content (AvgIpc) is 2.47. The van der Waals surface area contributed by atoms with Crippen molar-refractivity contribution in [3.63, 3.8) is 0 Å². The second-order valence-corrected chi connectivity index (χ2v) is 3.13. The van der Waals surface area contributed by atoms with Gasteiger partial charge in [-0.25, -0.2) is 0 Å². The van der Waals surface area contributed by atoms with E-state index in [0.717, 1.165) is 0 Å². The molecule has 0 aromatic carbocycles. The molecule has 0 aliphatic rings. The summed E-state index contributed by atoms with van der Waals surface area (Å²) in [5, 5.41) is 3.70. The molecule has 0 radical (unpaired) electrons. The number of hydrogen-bond donors (Lipinski definition) is 1. The monoisotopic (exact) mass is 182 g/mol. The summed E-state index contributed by atoms with van der Waals surface area (Å²) in [6.07, 6.45) is 0. The minimum atomic E-state index is 0.257. The molecule has 2 N–H and O–H groups in total. The Hall–Kier alpha value is -1.39. The number of rotatable bonds is 3. The highest BCUT2D eigenvalue weighted by atomic mass is 16.5. The van der Waals surface area contributed by atoms with Gasteiger partial charge in [-0.3, -0.25) is 4.99 Å². The van der Waals surface area contributed by atoms with E-state index in [1.165, 1.54) is 0 Å². The first-order valence-electron chi connectivity index (χ1n) is 4.18. The molecule has 5 nitrogen and oxygen atoms in total. The van der Waals surface area contributed by atoms with E-state index in [1.807, 2.05) is 13.8 Å². The van der Waals surface area contributed by atoms with Crippen molar-refractivity contribution in [1.29, 1.82) is 0 Å². The maximum Gasteiger partial charge on any atom is 0.223 e. The zero-order chi connectivity index (χ0) is 9.84. The lowest BCUT2D eigenvalue weighted by atomic mass is 10.2. The topological polar surface area (TPSA) is 77.3 Å². The van der Waals surface area contributed by atoms with Crippen molar-refractivity contribution in [2.75, 3.05) is 0 Å². The number of aliphatic imine (C=N–C) groups is 1. The molecule has 1 aromatic heterocycles. The van der Waals surface area contributed by atoms with Crippen LogP contribution in [0.2, 0.25) is 0 Å². The Balaban J connectivity index is 2.56. The minimum absolute atomic E-state index is 0.257. The van der Waals surface area contributed by atoms with Crippen LogP contribution in [0.4, 0.5) is 0 Å². The molecule has 13 heavy (non-hydrogen) atoms. The predicted molar refractivity (Wildman–Crippen MR) is 49.2 cm³/mol. The van der Waals surface area contributed by atoms with Crippen molar-refractivity contribution < 1.29 is 4.52 Å². The van der Waals surface area contributed by atoms with Crippen molar-refractivity contribution in [2.24, 2.45) is 16.6 Å². The van der Waals surface area contributed by atoms with Crippen LogP contribution in [0.15, 0.2) is 9.52 Å². The van der Waals surface area contributed by atoms with E-state index in [4.69, 9.17) is 10.3 Å². The average molecular weight is 182 g/mol. The van der Waals surface area contributed by atoms with Crippen molar-refractivity contribution in [2.45, 2.75) is 27.3 Å². The molecule has 5 heteroatoms. The molecular weight excluding hydrogens is 168 g/mol. The fraction of sp³-hybridized carbons (Fsp3) is 0.625. The predicted octanol–water partition coefficient (Wildman–Crippen LogP) is 0.891. The van der Waals surface area contributed by atoms with E-state index in [0.29, 0.717) is 24.1 Å². The van der Waals surface area contributed by atoms with Gasteiger partial charge in [0, 0.05) is 12.8 Å². The van der Waals surface area contributed by atoms with E-state index in [1.54, 1.807) is 6.92 Å². The van der Waals surface area contributed by atoms with Crippen LogP contribution in [0.1, 0.15) is 25.6 Å². The zero-order valence-electron chi connectivity index (χ0n) is 8.11. The van der Waals surface area contributed by atoms with Crippen LogP contribution < -0.4 is 5.73 Å². The fourth-order valence-electron chi connectivity index (χ4n) is 0.750. The van der Waals surface area contributed by atoms with Gasteiger partial charge < -0.3 is 10.3 Å². The molecule has 0 fully saturated rings. The fourth-order valence-corrected chi connectivity index (χ4v) is 0.750. The lowest BCUT2D eigenvalue weighted by Gasteiger charge is -2.01. The smallest absolute Gasteiger partial charge is 0.223 e. The van der Waals surface area contributed by atoms with Crippen molar-refractivity contribution in [1.82, 2.24) is 10.1 Å². The van der Waals surface area contributed by atoms with Gasteiger partial charge in [-0.15, -0.1) is 0 Å². The molecular formula is C8H14N4O. The summed E-state index contributed by atoms with van der Waals surface area (Å²) in [6.45, 7) is 6.11. The van der Waals surface area contributed by atoms with Gasteiger partial charge in [0.25, 0.3) is 0 Å². The Labute approximate surface area is 77.0 Å². The Morgan fingerprint density at radius 2 is 2.31 bits per heavy atom. The van der Waals surface area contributed by atoms with Gasteiger partial charge in [0.05, 0.1) is 5.84 Å². The van der Waals surface area contributed by atoms with Gasteiger partial charge in [-0.1, -0.05) is 19.0 Å². The number of aromatic nitrogens is 2. The lowest BCUT2D eigenvalue weighted by molar-refractivity contribution is 0.387. The van der Waals surface area contributed by atoms with Gasteiger partial charge in [-0.05, 0) is 0 Å². The van der Waals surface area contributed by atoms with Crippen molar-refractivity contribution >= 4 is 5.84 Å². The van der Waals surface area contributed by atoms with E-state index in [9.17, 15) is 0 Å². The molecule has 0 spiro atoms. The van der Waals surface area contributed by atoms with Crippen LogP contribution >= 0.6 is 0 Å². The summed E-state index contributed by atoms with van der Waals surface area (Å²) in [4.78, 5) is 8.12. The minimum Gasteiger partial charge on any atom is -0.387 e. The molecule has 0 saturated heterocycles. The second kappa shape index (κ2) is 4.02. The van der Waals surface area contributed by atoms with Crippen LogP contribution in [0.5, 0.6) is 0 Å². The summed E-state index contributed by atoms with van der Waals surface area (Å²) in [5.41, 5.74) is 5.63. The Morgan fingerprint density at radius 3 is 2.77 bits per heavy atom. The second-order valence-electron chi connectivity index (χ2n) is 3.13. The molecule has 1 aromatic rings. The molecule has 0 atom stereocenters. The molecule has 0 unspecified atom stereocenters. The first kappa shape index (κ1) is 9.70. The van der Waals surface area contributed by atoms with Gasteiger partial charge in [0.1, 0.15) is 6.54 Å². The molecule has 1 rings (SSSR count). The third-order valence-electron chi connectivity index (χ3n) is 1.56. The normalized spacial score (nSPS) is 12.5. The number of nitrogens with zero attached hydrogens (tertiary/aromatic N) is 3. The number of aryl methyl sites for hydroxylation is 1. The third kappa shape index (κ3) is 2.85. The van der Waals surface area contributed by atoms with E-state index in [2.05, 4.69) is 15.1 Å². The van der Waals surface area contributed by atoms with Gasteiger partial charge in [-0.2, -0.15) is 4.98 Å². The summed E-state index contributed by atoms with van der Waals surface area (Å²) in [6, 6.07) is 0. The highest BCUT2D eigenvalue weighted by molar-refractivity contribution is 5.82. The van der Waals surface area contributed by atoms with Gasteiger partial charge in [0.15, 0.2) is 5.82 Å². The van der Waals surface area contributed by atoms with Crippen LogP contribution in [0, 0.1) is 12.8 Å². The summed E-state index contributed by atoms with van der Waals surface area (Å²) < 4.78 is 4.79. The highest BCUT2D eigenvalue weighted by Crippen LogP contribution is 1.98. The van der Waals surface area contributed by atoms with E-state index in [-0.39, 0.29) is 5.92 Å². The molecule has 0 amide bonds. The van der Waals surface area contributed by atoms with Crippen LogP contribution in [0.25, 0.3) is 0 Å². The highest BCUT2D eigenvalue weighted by Gasteiger charge is 2.02. The van der Waals surface area contributed by atoms with Gasteiger partial charge in [0.2, 0.25) is 5.89 Å². The van der Waals surface area contributed by atoms with Crippen LogP contribution in [-0.4, -0.2) is 16.0 Å². The van der Waals surface area contributed by atoms with E-state index < -0.39 is 0 Å². The Morgan fingerprint density at radius 1 is 1.62 bits per heavy atom. The quantitative estimate of drug-likeness (QED) is 0.556. The molecule has 0 aliphatic carbocycles. The Bertz CT molecular complexity index is 303. The molecule has 72 valence electrons. The molecule has 0 bridgehead atoms. The van der Waals surface area contributed by atoms with Gasteiger partial charge >= 0.3 is 0 Å². The summed E-state index contributed by atoms with van der Waals surface area (Å²) in [7, 11) is 0. The lowest BCUT2D eigenvalue weighted by Crippen LogP contribution is -2.18. The van der Waals surface area contributed by atoms with Crippen LogP contribution in [-0.2, 0) is 6.54 Å². The largest absolute Gasteiger partial charge is 0.387 e. The maximum absolute atomic E-state index is 5.63. The number of amidine groups is 1. The van der Waals surface area contributed by atoms with E-state index >= 15 is 0 Å². The van der Waals surface area contributed by atoms with Crippen LogP contribution in [0.3, 0.4) is 0 Å². The standard InChI is InChI=1S/C8H14N4O/c1-5(2)8(9)10-4-7-11-6(3)13-12-7/h5H,4H2,1-3H3,(H2,9,10). The summed E-state index contributed by atoms with van der Waals surface area (Å²) in [5.74, 6) is 1.99. The zero-order valence-corrected chi connectivity index (χ0v) is 8.11. The molecule has 0 aliphatic heterocycles. The summed E-state index contributed by atoms with van der Waals surface area (Å²) >= 11 is 0. The van der Waals surface area contributed by atoms with Crippen molar-refractivity contribution in [3.05, 3.63) is 11.7 Å². The third-order valence-corrected chi connectivity index (χ3v) is 1.56. The first-order valence-corrected chi connectivity index (χ1v) is 4.18. The number of hydrogen-bond acceptors (Lipinski definition) is 4. The first-order chi connectivity index (χ1) is 6.09. The Kier molecular flexibility index (Phi) is 3.00. The maximum atomic E-state index is 5.63. The SMILES string of the molecule is Cc1nc(CN=C(N)C(C)C)no1. The van der Waals surface area contributed by atoms with Crippen molar-refractivity contribution in [3.8, 4) is 0 Å². The molecule has 0 saturated carbocycles.